The molecule has 2 heterocycles. The fourth-order valence-corrected chi connectivity index (χ4v) is 2.77. The van der Waals surface area contributed by atoms with Crippen molar-refractivity contribution in [2.45, 2.75) is 19.3 Å². The average molecular weight is 445 g/mol. The molecule has 0 aliphatic carbocycles. The molecule has 0 unspecified atom stereocenters. The Hall–Kier alpha value is -3.57. The summed E-state index contributed by atoms with van der Waals surface area (Å²) in [6.07, 6.45) is -8.43. The predicted octanol–water partition coefficient (Wildman–Crippen LogP) is 4.28. The number of nitrogens with one attached hydrogen (secondary N) is 1. The number of hydrogen-bond acceptors (Lipinski definition) is 4. The van der Waals surface area contributed by atoms with Crippen molar-refractivity contribution < 1.29 is 35.9 Å². The van der Waals surface area contributed by atoms with Crippen LogP contribution in [0.15, 0.2) is 47.4 Å². The summed E-state index contributed by atoms with van der Waals surface area (Å²) in [5, 5.41) is 2.38. The Bertz CT molecular complexity index is 1180. The number of nitrogens with zero attached hydrogens (tertiary/aromatic N) is 2. The molecule has 0 fully saturated rings. The summed E-state index contributed by atoms with van der Waals surface area (Å²) in [6, 6.07) is 6.54. The van der Waals surface area contributed by atoms with Gasteiger partial charge in [0.15, 0.2) is 12.3 Å². The van der Waals surface area contributed by atoms with E-state index in [-0.39, 0.29) is 22.6 Å². The Balaban J connectivity index is 2.11. The molecule has 0 saturated heterocycles. The van der Waals surface area contributed by atoms with Gasteiger partial charge in [-0.2, -0.15) is 26.3 Å². The third-order valence-electron chi connectivity index (χ3n) is 3.96. The van der Waals surface area contributed by atoms with Gasteiger partial charge in [0.2, 0.25) is 5.91 Å². The van der Waals surface area contributed by atoms with E-state index in [1.54, 1.807) is 0 Å². The SMILES string of the molecule is CC(=O)Nc1ccn2c(=O)c(-c3ccc(OCC(F)(F)F)cc3)c(C(F)(F)F)nc2c1. The molecular formula is C19H13F6N3O3. The highest BCUT2D eigenvalue weighted by Gasteiger charge is 2.38. The molecule has 1 aromatic carbocycles. The largest absolute Gasteiger partial charge is 0.484 e. The Morgan fingerprint density at radius 2 is 1.74 bits per heavy atom. The minimum atomic E-state index is -5.00. The summed E-state index contributed by atoms with van der Waals surface area (Å²) in [5.74, 6) is -0.698. The first-order chi connectivity index (χ1) is 14.3. The van der Waals surface area contributed by atoms with Gasteiger partial charge in [-0.1, -0.05) is 12.1 Å². The number of aromatic nitrogens is 2. The standard InChI is InChI=1S/C19H13F6N3O3/c1-10(29)26-12-6-7-28-14(8-12)27-16(19(23,24)25)15(17(28)30)11-2-4-13(5-3-11)31-9-18(20,21)22/h2-8H,9H2,1H3,(H,26,29). The lowest BCUT2D eigenvalue weighted by Crippen LogP contribution is -2.24. The number of fused-ring (bicyclic) bond motifs is 1. The van der Waals surface area contributed by atoms with Crippen molar-refractivity contribution in [1.29, 1.82) is 0 Å². The fourth-order valence-electron chi connectivity index (χ4n) is 2.77. The first-order valence-electron chi connectivity index (χ1n) is 8.56. The Kier molecular flexibility index (Phi) is 5.66. The molecule has 6 nitrogen and oxygen atoms in total. The second kappa shape index (κ2) is 7.93. The van der Waals surface area contributed by atoms with E-state index in [2.05, 4.69) is 15.0 Å². The van der Waals surface area contributed by atoms with Gasteiger partial charge in [0.1, 0.15) is 11.4 Å². The third-order valence-corrected chi connectivity index (χ3v) is 3.96. The van der Waals surface area contributed by atoms with Gasteiger partial charge in [-0.25, -0.2) is 4.98 Å². The number of amides is 1. The van der Waals surface area contributed by atoms with Crippen LogP contribution in [0.3, 0.4) is 0 Å². The zero-order valence-corrected chi connectivity index (χ0v) is 15.6. The Morgan fingerprint density at radius 1 is 1.10 bits per heavy atom. The number of ether oxygens (including phenoxy) is 1. The summed E-state index contributed by atoms with van der Waals surface area (Å²) < 4.78 is 83.1. The van der Waals surface area contributed by atoms with Crippen LogP contribution in [0.4, 0.5) is 32.0 Å². The first-order valence-corrected chi connectivity index (χ1v) is 8.56. The van der Waals surface area contributed by atoms with Crippen LogP contribution in [-0.4, -0.2) is 28.1 Å². The topological polar surface area (TPSA) is 72.7 Å². The molecule has 0 atom stereocenters. The molecule has 3 aromatic rings. The second-order valence-electron chi connectivity index (χ2n) is 6.39. The van der Waals surface area contributed by atoms with Gasteiger partial charge in [-0.15, -0.1) is 0 Å². The molecule has 1 amide bonds. The number of carbonyl (C=O) groups is 1. The summed E-state index contributed by atoms with van der Waals surface area (Å²) >= 11 is 0. The molecule has 0 aliphatic rings. The molecule has 164 valence electrons. The molecule has 2 aromatic heterocycles. The average Bonchev–Trinajstić information content (AvgIpc) is 2.65. The van der Waals surface area contributed by atoms with Crippen molar-refractivity contribution in [2.75, 3.05) is 11.9 Å². The molecular weight excluding hydrogens is 432 g/mol. The van der Waals surface area contributed by atoms with Crippen LogP contribution in [-0.2, 0) is 11.0 Å². The molecule has 3 rings (SSSR count). The molecule has 0 saturated carbocycles. The van der Waals surface area contributed by atoms with Gasteiger partial charge in [0.05, 0.1) is 5.56 Å². The van der Waals surface area contributed by atoms with Crippen molar-refractivity contribution in [3.05, 3.63) is 58.6 Å². The lowest BCUT2D eigenvalue weighted by Gasteiger charge is -2.15. The normalized spacial score (nSPS) is 12.1. The van der Waals surface area contributed by atoms with Gasteiger partial charge in [-0.3, -0.25) is 14.0 Å². The van der Waals surface area contributed by atoms with E-state index in [9.17, 15) is 35.9 Å². The Morgan fingerprint density at radius 3 is 2.29 bits per heavy atom. The summed E-state index contributed by atoms with van der Waals surface area (Å²) in [4.78, 5) is 27.5. The number of carbonyl (C=O) groups excluding carboxylic acids is 1. The van der Waals surface area contributed by atoms with Crippen molar-refractivity contribution in [1.82, 2.24) is 9.38 Å². The number of benzene rings is 1. The zero-order valence-electron chi connectivity index (χ0n) is 15.6. The molecule has 31 heavy (non-hydrogen) atoms. The Labute approximate surface area is 170 Å². The predicted molar refractivity (Wildman–Crippen MR) is 97.8 cm³/mol. The van der Waals surface area contributed by atoms with E-state index in [4.69, 9.17) is 0 Å². The first kappa shape index (κ1) is 22.1. The van der Waals surface area contributed by atoms with Crippen molar-refractivity contribution in [2.24, 2.45) is 0 Å². The smallest absolute Gasteiger partial charge is 0.434 e. The molecule has 0 bridgehead atoms. The number of alkyl halides is 6. The quantitative estimate of drug-likeness (QED) is 0.609. The van der Waals surface area contributed by atoms with E-state index in [1.807, 2.05) is 0 Å². The van der Waals surface area contributed by atoms with Crippen molar-refractivity contribution >= 4 is 17.2 Å². The van der Waals surface area contributed by atoms with Crippen LogP contribution in [0.1, 0.15) is 12.6 Å². The third kappa shape index (κ3) is 5.13. The van der Waals surface area contributed by atoms with Crippen LogP contribution in [0, 0.1) is 0 Å². The lowest BCUT2D eigenvalue weighted by molar-refractivity contribution is -0.153. The molecule has 1 N–H and O–H groups in total. The van der Waals surface area contributed by atoms with Crippen LogP contribution < -0.4 is 15.6 Å². The molecule has 12 heteroatoms. The highest BCUT2D eigenvalue weighted by Crippen LogP contribution is 2.35. The fraction of sp³-hybridized carbons (Fsp3) is 0.211. The maximum Gasteiger partial charge on any atom is 0.434 e. The van der Waals surface area contributed by atoms with Crippen LogP contribution in [0.25, 0.3) is 16.8 Å². The molecule has 0 aliphatic heterocycles. The molecule has 0 spiro atoms. The summed E-state index contributed by atoms with van der Waals surface area (Å²) in [6.45, 7) is -0.368. The minimum Gasteiger partial charge on any atom is -0.484 e. The van der Waals surface area contributed by atoms with Crippen LogP contribution in [0.5, 0.6) is 5.75 Å². The number of halogens is 6. The van der Waals surface area contributed by atoms with Gasteiger partial charge in [-0.05, 0) is 23.8 Å². The van der Waals surface area contributed by atoms with Gasteiger partial charge >= 0.3 is 12.4 Å². The van der Waals surface area contributed by atoms with E-state index in [0.29, 0.717) is 0 Å². The lowest BCUT2D eigenvalue weighted by atomic mass is 10.0. The highest BCUT2D eigenvalue weighted by molar-refractivity contribution is 5.89. The van der Waals surface area contributed by atoms with Crippen molar-refractivity contribution in [3.63, 3.8) is 0 Å². The second-order valence-corrected chi connectivity index (χ2v) is 6.39. The monoisotopic (exact) mass is 445 g/mol. The summed E-state index contributed by atoms with van der Waals surface area (Å²) in [7, 11) is 0. The van der Waals surface area contributed by atoms with Gasteiger partial charge in [0.25, 0.3) is 5.56 Å². The highest BCUT2D eigenvalue weighted by atomic mass is 19.4. The van der Waals surface area contributed by atoms with Crippen molar-refractivity contribution in [3.8, 4) is 16.9 Å². The van der Waals surface area contributed by atoms with E-state index >= 15 is 0 Å². The van der Waals surface area contributed by atoms with E-state index in [0.717, 1.165) is 40.9 Å². The zero-order chi connectivity index (χ0) is 23.0. The van der Waals surface area contributed by atoms with Gasteiger partial charge < -0.3 is 10.1 Å². The number of rotatable bonds is 4. The van der Waals surface area contributed by atoms with Crippen LogP contribution >= 0.6 is 0 Å². The molecule has 0 radical (unpaired) electrons. The number of pyridine rings is 1. The van der Waals surface area contributed by atoms with Crippen LogP contribution in [0.2, 0.25) is 0 Å². The number of anilines is 1. The number of hydrogen-bond donors (Lipinski definition) is 1. The van der Waals surface area contributed by atoms with E-state index in [1.165, 1.54) is 13.0 Å². The maximum absolute atomic E-state index is 13.7. The minimum absolute atomic E-state index is 0.145. The van der Waals surface area contributed by atoms with Gasteiger partial charge in [0, 0.05) is 24.9 Å². The summed E-state index contributed by atoms with van der Waals surface area (Å²) in [5.41, 5.74) is -3.70. The maximum atomic E-state index is 13.7. The van der Waals surface area contributed by atoms with E-state index < -0.39 is 41.7 Å².